The number of aromatic nitrogens is 3. The van der Waals surface area contributed by atoms with E-state index in [9.17, 15) is 18.0 Å². The van der Waals surface area contributed by atoms with E-state index >= 15 is 0 Å². The lowest BCUT2D eigenvalue weighted by Crippen LogP contribution is -2.30. The van der Waals surface area contributed by atoms with Crippen molar-refractivity contribution in [1.82, 2.24) is 19.9 Å². The molecule has 1 aromatic carbocycles. The van der Waals surface area contributed by atoms with E-state index in [1.165, 1.54) is 0 Å². The number of carbonyl (C=O) groups is 1. The SMILES string of the molecule is CC(C)NC(=O)c1nn2c(C(F)(F)F)cc(-c3ccc(Br)cc3)nc2c1Cl. The van der Waals surface area contributed by atoms with Gasteiger partial charge in [0.05, 0.1) is 5.69 Å². The lowest BCUT2D eigenvalue weighted by Gasteiger charge is -2.11. The van der Waals surface area contributed by atoms with Gasteiger partial charge in [-0.1, -0.05) is 39.7 Å². The summed E-state index contributed by atoms with van der Waals surface area (Å²) in [6.07, 6.45) is -4.72. The zero-order valence-corrected chi connectivity index (χ0v) is 16.4. The Balaban J connectivity index is 2.25. The Kier molecular flexibility index (Phi) is 5.18. The van der Waals surface area contributed by atoms with Crippen molar-refractivity contribution in [2.45, 2.75) is 26.1 Å². The normalized spacial score (nSPS) is 12.0. The van der Waals surface area contributed by atoms with Crippen LogP contribution in [-0.4, -0.2) is 26.5 Å². The fraction of sp³-hybridized carbons (Fsp3) is 0.235. The van der Waals surface area contributed by atoms with Gasteiger partial charge in [0.25, 0.3) is 5.91 Å². The van der Waals surface area contributed by atoms with Crippen LogP contribution < -0.4 is 5.32 Å². The van der Waals surface area contributed by atoms with Crippen molar-refractivity contribution in [3.8, 4) is 11.3 Å². The van der Waals surface area contributed by atoms with Gasteiger partial charge in [-0.05, 0) is 32.0 Å². The highest BCUT2D eigenvalue weighted by atomic mass is 79.9. The molecule has 5 nitrogen and oxygen atoms in total. The molecule has 0 aliphatic heterocycles. The fourth-order valence-corrected chi connectivity index (χ4v) is 2.95. The van der Waals surface area contributed by atoms with Gasteiger partial charge < -0.3 is 5.32 Å². The summed E-state index contributed by atoms with van der Waals surface area (Å²) in [5.74, 6) is -0.668. The van der Waals surface area contributed by atoms with Crippen LogP contribution in [0.25, 0.3) is 16.9 Å². The molecule has 0 aliphatic rings. The monoisotopic (exact) mass is 460 g/mol. The number of amides is 1. The molecule has 0 bridgehead atoms. The average Bonchev–Trinajstić information content (AvgIpc) is 2.90. The number of rotatable bonds is 3. The predicted octanol–water partition coefficient (Wildman–Crippen LogP) is 4.97. The predicted molar refractivity (Wildman–Crippen MR) is 98.7 cm³/mol. The number of fused-ring (bicyclic) bond motifs is 1. The summed E-state index contributed by atoms with van der Waals surface area (Å²) in [6.45, 7) is 3.43. The van der Waals surface area contributed by atoms with E-state index < -0.39 is 17.8 Å². The van der Waals surface area contributed by atoms with Crippen molar-refractivity contribution in [1.29, 1.82) is 0 Å². The number of alkyl halides is 3. The lowest BCUT2D eigenvalue weighted by molar-refractivity contribution is -0.142. The summed E-state index contributed by atoms with van der Waals surface area (Å²) in [4.78, 5) is 16.4. The van der Waals surface area contributed by atoms with Crippen LogP contribution >= 0.6 is 27.5 Å². The van der Waals surface area contributed by atoms with Crippen molar-refractivity contribution >= 4 is 39.1 Å². The van der Waals surface area contributed by atoms with Crippen molar-refractivity contribution in [3.05, 3.63) is 51.2 Å². The molecule has 2 aromatic heterocycles. The zero-order valence-electron chi connectivity index (χ0n) is 14.1. The maximum Gasteiger partial charge on any atom is 0.433 e. The summed E-state index contributed by atoms with van der Waals surface area (Å²) in [6, 6.07) is 7.28. The molecule has 2 heterocycles. The van der Waals surface area contributed by atoms with Crippen LogP contribution in [-0.2, 0) is 6.18 Å². The Morgan fingerprint density at radius 1 is 1.26 bits per heavy atom. The first-order valence-electron chi connectivity index (χ1n) is 7.81. The van der Waals surface area contributed by atoms with E-state index in [4.69, 9.17) is 11.6 Å². The Hall–Kier alpha value is -2.13. The van der Waals surface area contributed by atoms with Crippen LogP contribution in [0.15, 0.2) is 34.8 Å². The smallest absolute Gasteiger partial charge is 0.348 e. The third-order valence-electron chi connectivity index (χ3n) is 3.60. The topological polar surface area (TPSA) is 59.3 Å². The van der Waals surface area contributed by atoms with Gasteiger partial charge in [-0.2, -0.15) is 18.3 Å². The number of hydrogen-bond acceptors (Lipinski definition) is 3. The third kappa shape index (κ3) is 3.93. The van der Waals surface area contributed by atoms with Crippen molar-refractivity contribution in [2.75, 3.05) is 0 Å². The van der Waals surface area contributed by atoms with Crippen LogP contribution in [0.1, 0.15) is 30.0 Å². The van der Waals surface area contributed by atoms with Crippen LogP contribution in [0.3, 0.4) is 0 Å². The Bertz CT molecular complexity index is 1020. The number of carbonyl (C=O) groups excluding carboxylic acids is 1. The van der Waals surface area contributed by atoms with E-state index in [0.29, 0.717) is 10.1 Å². The van der Waals surface area contributed by atoms with Crippen LogP contribution in [0.4, 0.5) is 13.2 Å². The molecule has 0 fully saturated rings. The van der Waals surface area contributed by atoms with Crippen LogP contribution in [0.2, 0.25) is 5.02 Å². The highest BCUT2D eigenvalue weighted by Crippen LogP contribution is 2.34. The average molecular weight is 462 g/mol. The molecule has 0 unspecified atom stereocenters. The molecule has 3 aromatic rings. The summed E-state index contributed by atoms with van der Waals surface area (Å²) < 4.78 is 42.1. The quantitative estimate of drug-likeness (QED) is 0.599. The lowest BCUT2D eigenvalue weighted by atomic mass is 10.1. The number of benzene rings is 1. The van der Waals surface area contributed by atoms with Gasteiger partial charge in [0.2, 0.25) is 0 Å². The van der Waals surface area contributed by atoms with Crippen LogP contribution in [0, 0.1) is 0 Å². The molecule has 0 saturated carbocycles. The summed E-state index contributed by atoms with van der Waals surface area (Å²) in [5, 5.41) is 6.08. The maximum absolute atomic E-state index is 13.6. The molecule has 142 valence electrons. The number of hydrogen-bond donors (Lipinski definition) is 1. The minimum Gasteiger partial charge on any atom is -0.348 e. The molecule has 1 N–H and O–H groups in total. The molecule has 0 saturated heterocycles. The van der Waals surface area contributed by atoms with Gasteiger partial charge >= 0.3 is 6.18 Å². The second kappa shape index (κ2) is 7.12. The van der Waals surface area contributed by atoms with E-state index in [2.05, 4.69) is 31.3 Å². The molecule has 27 heavy (non-hydrogen) atoms. The second-order valence-electron chi connectivity index (χ2n) is 6.06. The standard InChI is InChI=1S/C17H13BrClF3N4O/c1-8(2)23-16(27)14-13(19)15-24-11(9-3-5-10(18)6-4-9)7-12(17(20,21)22)26(15)25-14/h3-8H,1-2H3,(H,23,27). The van der Waals surface area contributed by atoms with E-state index in [0.717, 1.165) is 10.5 Å². The first-order chi connectivity index (χ1) is 12.6. The van der Waals surface area contributed by atoms with Gasteiger partial charge in [-0.25, -0.2) is 9.50 Å². The van der Waals surface area contributed by atoms with Crippen molar-refractivity contribution in [3.63, 3.8) is 0 Å². The first kappa shape index (κ1) is 19.6. The third-order valence-corrected chi connectivity index (χ3v) is 4.47. The molecule has 1 amide bonds. The van der Waals surface area contributed by atoms with Gasteiger partial charge in [0, 0.05) is 16.1 Å². The number of halogens is 5. The Labute approximate surface area is 165 Å². The fourth-order valence-electron chi connectivity index (χ4n) is 2.44. The highest BCUT2D eigenvalue weighted by molar-refractivity contribution is 9.10. The van der Waals surface area contributed by atoms with E-state index in [-0.39, 0.29) is 28.1 Å². The number of nitrogens with one attached hydrogen (secondary N) is 1. The summed E-state index contributed by atoms with van der Waals surface area (Å²) in [7, 11) is 0. The minimum atomic E-state index is -4.72. The van der Waals surface area contributed by atoms with Crippen LogP contribution in [0.5, 0.6) is 0 Å². The summed E-state index contributed by atoms with van der Waals surface area (Å²) >= 11 is 9.43. The minimum absolute atomic E-state index is 0.0694. The van der Waals surface area contributed by atoms with Crippen molar-refractivity contribution in [2.24, 2.45) is 0 Å². The molecule has 0 aliphatic carbocycles. The Morgan fingerprint density at radius 3 is 2.44 bits per heavy atom. The van der Waals surface area contributed by atoms with Gasteiger partial charge in [0.15, 0.2) is 17.0 Å². The molecule has 10 heteroatoms. The first-order valence-corrected chi connectivity index (χ1v) is 8.98. The maximum atomic E-state index is 13.6. The highest BCUT2D eigenvalue weighted by Gasteiger charge is 2.36. The molecule has 3 rings (SSSR count). The zero-order chi connectivity index (χ0) is 19.9. The van der Waals surface area contributed by atoms with Crippen molar-refractivity contribution < 1.29 is 18.0 Å². The van der Waals surface area contributed by atoms with Gasteiger partial charge in [0.1, 0.15) is 5.02 Å². The largest absolute Gasteiger partial charge is 0.433 e. The molecule has 0 atom stereocenters. The molecule has 0 spiro atoms. The molecule has 0 radical (unpaired) electrons. The van der Waals surface area contributed by atoms with E-state index in [1.54, 1.807) is 38.1 Å². The van der Waals surface area contributed by atoms with Gasteiger partial charge in [-0.15, -0.1) is 0 Å². The number of nitrogens with zero attached hydrogens (tertiary/aromatic N) is 3. The summed E-state index contributed by atoms with van der Waals surface area (Å²) in [5.41, 5.74) is -1.08. The molecular formula is C17H13BrClF3N4O. The van der Waals surface area contributed by atoms with E-state index in [1.807, 2.05) is 0 Å². The van der Waals surface area contributed by atoms with Gasteiger partial charge in [-0.3, -0.25) is 4.79 Å². The second-order valence-corrected chi connectivity index (χ2v) is 7.35. The molecular weight excluding hydrogens is 449 g/mol. The Morgan fingerprint density at radius 2 is 1.89 bits per heavy atom.